The number of nitrogens with two attached hydrogens (primary N) is 1. The van der Waals surface area contributed by atoms with Gasteiger partial charge < -0.3 is 15.7 Å². The Kier molecular flexibility index (Phi) is 2.89. The molecule has 0 aliphatic carbocycles. The summed E-state index contributed by atoms with van der Waals surface area (Å²) < 4.78 is 35.9. The molecule has 2 atom stereocenters. The normalized spacial score (nSPS) is 26.8. The van der Waals surface area contributed by atoms with Crippen LogP contribution in [0.3, 0.4) is 0 Å². The van der Waals surface area contributed by atoms with Crippen LogP contribution in [0.2, 0.25) is 0 Å². The summed E-state index contributed by atoms with van der Waals surface area (Å²) in [5.74, 6) is -4.46. The van der Waals surface area contributed by atoms with Crippen molar-refractivity contribution in [2.45, 2.75) is 12.2 Å². The Morgan fingerprint density at radius 3 is 2.20 bits per heavy atom. The summed E-state index contributed by atoms with van der Waals surface area (Å²) in [5, 5.41) is 8.59. The zero-order valence-corrected chi connectivity index (χ0v) is 7.49. The van der Waals surface area contributed by atoms with Gasteiger partial charge in [-0.1, -0.05) is 0 Å². The van der Waals surface area contributed by atoms with Crippen LogP contribution in [0, 0.1) is 5.92 Å². The molecular formula is C7H9F3N2O3. The van der Waals surface area contributed by atoms with Crippen molar-refractivity contribution >= 4 is 11.9 Å². The summed E-state index contributed by atoms with van der Waals surface area (Å²) in [6.45, 7) is -0.871. The summed E-state index contributed by atoms with van der Waals surface area (Å²) in [4.78, 5) is 21.7. The van der Waals surface area contributed by atoms with Gasteiger partial charge in [0.05, 0.1) is 5.92 Å². The van der Waals surface area contributed by atoms with E-state index >= 15 is 0 Å². The molecule has 1 aliphatic rings. The lowest BCUT2D eigenvalue weighted by Crippen LogP contribution is -2.40. The maximum Gasteiger partial charge on any atom is 0.471 e. The highest BCUT2D eigenvalue weighted by Crippen LogP contribution is 2.23. The van der Waals surface area contributed by atoms with Gasteiger partial charge in [0, 0.05) is 19.1 Å². The Bertz CT molecular complexity index is 292. The molecule has 0 aromatic carbocycles. The molecule has 0 unspecified atom stereocenters. The lowest BCUT2D eigenvalue weighted by atomic mass is 10.1. The first-order valence-electron chi connectivity index (χ1n) is 4.08. The van der Waals surface area contributed by atoms with Crippen LogP contribution >= 0.6 is 0 Å². The predicted octanol–water partition coefficient (Wildman–Crippen LogP) is -0.581. The minimum absolute atomic E-state index is 0.380. The lowest BCUT2D eigenvalue weighted by Gasteiger charge is -2.17. The van der Waals surface area contributed by atoms with Crippen LogP contribution in [0.15, 0.2) is 0 Å². The molecule has 15 heavy (non-hydrogen) atoms. The van der Waals surface area contributed by atoms with Gasteiger partial charge in [0.25, 0.3) is 0 Å². The highest BCUT2D eigenvalue weighted by molar-refractivity contribution is 5.83. The average molecular weight is 226 g/mol. The number of carbonyl (C=O) groups is 2. The third kappa shape index (κ3) is 2.38. The Labute approximate surface area is 82.6 Å². The first-order chi connectivity index (χ1) is 6.73. The molecule has 8 heteroatoms. The number of carbonyl (C=O) groups excluding carboxylic acids is 1. The van der Waals surface area contributed by atoms with E-state index in [4.69, 9.17) is 10.8 Å². The highest BCUT2D eigenvalue weighted by Gasteiger charge is 2.47. The molecule has 1 heterocycles. The molecule has 86 valence electrons. The standard InChI is InChI=1S/C7H9F3N2O3/c8-7(9,10)6(15)12-1-3(5(13)14)4(11)2-12/h3-4H,1-2,11H2,(H,13,14)/t3-,4+/m0/s1. The fourth-order valence-corrected chi connectivity index (χ4v) is 1.44. The van der Waals surface area contributed by atoms with Gasteiger partial charge >= 0.3 is 18.1 Å². The number of aliphatic carboxylic acids is 1. The van der Waals surface area contributed by atoms with Crippen molar-refractivity contribution in [3.63, 3.8) is 0 Å². The van der Waals surface area contributed by atoms with E-state index < -0.39 is 36.6 Å². The largest absolute Gasteiger partial charge is 0.481 e. The van der Waals surface area contributed by atoms with E-state index in [9.17, 15) is 22.8 Å². The van der Waals surface area contributed by atoms with Crippen LogP contribution in [0.5, 0.6) is 0 Å². The maximum absolute atomic E-state index is 12.0. The number of carboxylic acids is 1. The fraction of sp³-hybridized carbons (Fsp3) is 0.714. The van der Waals surface area contributed by atoms with Crippen LogP contribution < -0.4 is 5.73 Å². The number of hydrogen-bond donors (Lipinski definition) is 2. The molecule has 1 saturated heterocycles. The number of rotatable bonds is 1. The van der Waals surface area contributed by atoms with Gasteiger partial charge in [-0.05, 0) is 0 Å². The molecule has 0 radical (unpaired) electrons. The third-order valence-corrected chi connectivity index (χ3v) is 2.21. The molecule has 0 saturated carbocycles. The van der Waals surface area contributed by atoms with E-state index in [2.05, 4.69) is 0 Å². The summed E-state index contributed by atoms with van der Waals surface area (Å²) in [5.41, 5.74) is 5.31. The molecule has 0 spiro atoms. The van der Waals surface area contributed by atoms with Crippen molar-refractivity contribution in [3.8, 4) is 0 Å². The Balaban J connectivity index is 2.71. The Morgan fingerprint density at radius 1 is 1.33 bits per heavy atom. The van der Waals surface area contributed by atoms with Gasteiger partial charge in [-0.2, -0.15) is 13.2 Å². The lowest BCUT2D eigenvalue weighted by molar-refractivity contribution is -0.184. The molecule has 1 fully saturated rings. The van der Waals surface area contributed by atoms with Gasteiger partial charge in [0.1, 0.15) is 0 Å². The summed E-state index contributed by atoms with van der Waals surface area (Å²) in [6.07, 6.45) is -4.98. The van der Waals surface area contributed by atoms with Crippen LogP contribution in [-0.2, 0) is 9.59 Å². The number of nitrogens with zero attached hydrogens (tertiary/aromatic N) is 1. The van der Waals surface area contributed by atoms with Crippen LogP contribution in [0.1, 0.15) is 0 Å². The summed E-state index contributed by atoms with van der Waals surface area (Å²) in [7, 11) is 0. The van der Waals surface area contributed by atoms with E-state index in [-0.39, 0.29) is 6.54 Å². The topological polar surface area (TPSA) is 83.6 Å². The van der Waals surface area contributed by atoms with Gasteiger partial charge in [0.15, 0.2) is 0 Å². The van der Waals surface area contributed by atoms with Gasteiger partial charge in [-0.15, -0.1) is 0 Å². The maximum atomic E-state index is 12.0. The molecule has 1 amide bonds. The Morgan fingerprint density at radius 2 is 1.87 bits per heavy atom. The van der Waals surface area contributed by atoms with E-state index in [1.54, 1.807) is 0 Å². The van der Waals surface area contributed by atoms with Crippen LogP contribution in [0.25, 0.3) is 0 Å². The van der Waals surface area contributed by atoms with Crippen LogP contribution in [0.4, 0.5) is 13.2 Å². The van der Waals surface area contributed by atoms with Gasteiger partial charge in [-0.25, -0.2) is 0 Å². The molecule has 0 aromatic heterocycles. The fourth-order valence-electron chi connectivity index (χ4n) is 1.44. The molecular weight excluding hydrogens is 217 g/mol. The summed E-state index contributed by atoms with van der Waals surface area (Å²) >= 11 is 0. The number of alkyl halides is 3. The number of halogens is 3. The number of amides is 1. The highest BCUT2D eigenvalue weighted by atomic mass is 19.4. The second-order valence-electron chi connectivity index (χ2n) is 3.32. The number of likely N-dealkylation sites (tertiary alicyclic amines) is 1. The zero-order chi connectivity index (χ0) is 11.8. The molecule has 1 rings (SSSR count). The van der Waals surface area contributed by atoms with Crippen molar-refractivity contribution in [1.29, 1.82) is 0 Å². The smallest absolute Gasteiger partial charge is 0.471 e. The second kappa shape index (κ2) is 3.69. The molecule has 0 aromatic rings. The minimum Gasteiger partial charge on any atom is -0.481 e. The predicted molar refractivity (Wildman–Crippen MR) is 41.7 cm³/mol. The summed E-state index contributed by atoms with van der Waals surface area (Å²) in [6, 6.07) is -0.950. The van der Waals surface area contributed by atoms with Gasteiger partial charge in [0.2, 0.25) is 0 Å². The van der Waals surface area contributed by atoms with E-state index in [0.29, 0.717) is 4.90 Å². The third-order valence-electron chi connectivity index (χ3n) is 2.21. The number of hydrogen-bond acceptors (Lipinski definition) is 3. The van der Waals surface area contributed by atoms with E-state index in [1.807, 2.05) is 0 Å². The van der Waals surface area contributed by atoms with Crippen molar-refractivity contribution in [1.82, 2.24) is 4.90 Å². The van der Waals surface area contributed by atoms with Crippen molar-refractivity contribution in [2.75, 3.05) is 13.1 Å². The second-order valence-corrected chi connectivity index (χ2v) is 3.32. The van der Waals surface area contributed by atoms with Crippen molar-refractivity contribution in [2.24, 2.45) is 11.7 Å². The average Bonchev–Trinajstić information content (AvgIpc) is 2.44. The monoisotopic (exact) mass is 226 g/mol. The van der Waals surface area contributed by atoms with E-state index in [0.717, 1.165) is 0 Å². The van der Waals surface area contributed by atoms with Crippen molar-refractivity contribution < 1.29 is 27.9 Å². The van der Waals surface area contributed by atoms with Crippen LogP contribution in [-0.4, -0.2) is 47.2 Å². The van der Waals surface area contributed by atoms with E-state index in [1.165, 1.54) is 0 Å². The SMILES string of the molecule is N[C@@H]1CN(C(=O)C(F)(F)F)C[C@@H]1C(=O)O. The molecule has 3 N–H and O–H groups in total. The van der Waals surface area contributed by atoms with Crippen molar-refractivity contribution in [3.05, 3.63) is 0 Å². The zero-order valence-electron chi connectivity index (χ0n) is 7.49. The first kappa shape index (κ1) is 11.8. The quantitative estimate of drug-likeness (QED) is 0.626. The Hall–Kier alpha value is -1.31. The molecule has 0 bridgehead atoms. The molecule has 5 nitrogen and oxygen atoms in total. The number of carboxylic acid groups (broad SMARTS) is 1. The molecule has 1 aliphatic heterocycles. The first-order valence-corrected chi connectivity index (χ1v) is 4.08. The van der Waals surface area contributed by atoms with Gasteiger partial charge in [-0.3, -0.25) is 9.59 Å². The minimum atomic E-state index is -4.98.